The molecule has 2 fully saturated rings. The zero-order valence-electron chi connectivity index (χ0n) is 17.7. The lowest BCUT2D eigenvalue weighted by atomic mass is 9.67. The van der Waals surface area contributed by atoms with Gasteiger partial charge in [-0.3, -0.25) is 0 Å². The first-order valence-electron chi connectivity index (χ1n) is 11.7. The minimum Gasteiger partial charge on any atom is -0.206 e. The van der Waals surface area contributed by atoms with E-state index < -0.39 is 29.9 Å². The Balaban J connectivity index is 1.44. The molecule has 2 aliphatic rings. The molecule has 0 N–H and O–H groups in total. The van der Waals surface area contributed by atoms with E-state index in [0.717, 1.165) is 36.8 Å². The van der Waals surface area contributed by atoms with Gasteiger partial charge in [0.15, 0.2) is 11.6 Å². The van der Waals surface area contributed by atoms with Crippen molar-refractivity contribution in [1.29, 1.82) is 0 Å². The van der Waals surface area contributed by atoms with Crippen molar-refractivity contribution < 1.29 is 17.6 Å². The number of hydrogen-bond donors (Lipinski definition) is 0. The minimum atomic E-state index is -2.85. The standard InChI is InChI=1S/C25H36F4/c1-2-3-4-5-18-6-9-20(10-7-18)21-11-13-22(14-12-21)25(28,29)17-19-8-15-23(26)24(27)16-19/h8,15-16,18,20-22H,2-7,9-14,17H2,1H3/t18-,20-,21-,22-. The van der Waals surface area contributed by atoms with Crippen LogP contribution in [0.2, 0.25) is 0 Å². The van der Waals surface area contributed by atoms with Crippen LogP contribution in [0.15, 0.2) is 18.2 Å². The molecular formula is C25H36F4. The second-order valence-corrected chi connectivity index (χ2v) is 9.57. The van der Waals surface area contributed by atoms with Crippen molar-refractivity contribution >= 4 is 0 Å². The molecule has 1 aromatic rings. The molecule has 0 unspecified atom stereocenters. The van der Waals surface area contributed by atoms with Gasteiger partial charge >= 0.3 is 0 Å². The van der Waals surface area contributed by atoms with Crippen molar-refractivity contribution in [1.82, 2.24) is 0 Å². The van der Waals surface area contributed by atoms with Gasteiger partial charge in [0.05, 0.1) is 0 Å². The molecule has 0 bridgehead atoms. The van der Waals surface area contributed by atoms with Crippen LogP contribution in [0, 0.1) is 35.3 Å². The van der Waals surface area contributed by atoms with Crippen LogP contribution < -0.4 is 0 Å². The summed E-state index contributed by atoms with van der Waals surface area (Å²) in [6, 6.07) is 3.13. The van der Waals surface area contributed by atoms with E-state index >= 15 is 0 Å². The number of alkyl halides is 2. The highest BCUT2D eigenvalue weighted by Gasteiger charge is 2.42. The Hall–Kier alpha value is -1.06. The van der Waals surface area contributed by atoms with Crippen LogP contribution in [-0.2, 0) is 6.42 Å². The van der Waals surface area contributed by atoms with Crippen LogP contribution in [0.1, 0.15) is 89.5 Å². The predicted octanol–water partition coefficient (Wildman–Crippen LogP) is 8.34. The van der Waals surface area contributed by atoms with E-state index in [1.807, 2.05) is 0 Å². The van der Waals surface area contributed by atoms with Gasteiger partial charge in [0, 0.05) is 12.3 Å². The second kappa shape index (κ2) is 10.3. The predicted molar refractivity (Wildman–Crippen MR) is 110 cm³/mol. The maximum Gasteiger partial charge on any atom is 0.254 e. The third-order valence-electron chi connectivity index (χ3n) is 7.57. The summed E-state index contributed by atoms with van der Waals surface area (Å²) in [4.78, 5) is 0. The van der Waals surface area contributed by atoms with Crippen molar-refractivity contribution in [2.75, 3.05) is 0 Å². The van der Waals surface area contributed by atoms with Gasteiger partial charge in [0.25, 0.3) is 5.92 Å². The van der Waals surface area contributed by atoms with Crippen molar-refractivity contribution in [2.45, 2.75) is 96.3 Å². The van der Waals surface area contributed by atoms with E-state index in [2.05, 4.69) is 6.92 Å². The zero-order chi connectivity index (χ0) is 20.9. The molecule has 164 valence electrons. The van der Waals surface area contributed by atoms with Gasteiger partial charge in [0.2, 0.25) is 0 Å². The van der Waals surface area contributed by atoms with E-state index in [1.165, 1.54) is 57.4 Å². The first kappa shape index (κ1) is 22.6. The largest absolute Gasteiger partial charge is 0.254 e. The van der Waals surface area contributed by atoms with E-state index in [0.29, 0.717) is 18.8 Å². The Morgan fingerprint density at radius 1 is 0.828 bits per heavy atom. The third-order valence-corrected chi connectivity index (χ3v) is 7.57. The van der Waals surface area contributed by atoms with Gasteiger partial charge in [-0.1, -0.05) is 51.5 Å². The first-order chi connectivity index (χ1) is 13.9. The molecule has 0 nitrogen and oxygen atoms in total. The molecule has 29 heavy (non-hydrogen) atoms. The highest BCUT2D eigenvalue weighted by atomic mass is 19.3. The summed E-state index contributed by atoms with van der Waals surface area (Å²) in [5.41, 5.74) is 0.178. The van der Waals surface area contributed by atoms with E-state index in [9.17, 15) is 17.6 Å². The smallest absolute Gasteiger partial charge is 0.206 e. The first-order valence-corrected chi connectivity index (χ1v) is 11.7. The number of hydrogen-bond acceptors (Lipinski definition) is 0. The van der Waals surface area contributed by atoms with Crippen LogP contribution in [0.4, 0.5) is 17.6 Å². The fraction of sp³-hybridized carbons (Fsp3) is 0.760. The van der Waals surface area contributed by atoms with Crippen LogP contribution in [0.25, 0.3) is 0 Å². The van der Waals surface area contributed by atoms with Gasteiger partial charge in [-0.15, -0.1) is 0 Å². The van der Waals surface area contributed by atoms with Crippen molar-refractivity contribution in [2.24, 2.45) is 23.7 Å². The zero-order valence-corrected chi connectivity index (χ0v) is 17.7. The molecule has 0 saturated heterocycles. The van der Waals surface area contributed by atoms with Gasteiger partial charge in [-0.05, 0) is 74.0 Å². The average Bonchev–Trinajstić information content (AvgIpc) is 2.71. The highest BCUT2D eigenvalue weighted by Crippen LogP contribution is 2.46. The molecule has 2 aliphatic carbocycles. The summed E-state index contributed by atoms with van der Waals surface area (Å²) in [5, 5.41) is 0. The molecule has 0 aliphatic heterocycles. The summed E-state index contributed by atoms with van der Waals surface area (Å²) in [6.07, 6.45) is 12.9. The molecule has 0 aromatic heterocycles. The summed E-state index contributed by atoms with van der Waals surface area (Å²) in [7, 11) is 0. The lowest BCUT2D eigenvalue weighted by Gasteiger charge is -2.39. The number of unbranched alkanes of at least 4 members (excludes halogenated alkanes) is 2. The normalized spacial score (nSPS) is 28.4. The van der Waals surface area contributed by atoms with Crippen LogP contribution in [-0.4, -0.2) is 5.92 Å². The molecule has 4 heteroatoms. The van der Waals surface area contributed by atoms with E-state index in [1.54, 1.807) is 0 Å². The van der Waals surface area contributed by atoms with Crippen LogP contribution in [0.5, 0.6) is 0 Å². The summed E-state index contributed by atoms with van der Waals surface area (Å²) in [5.74, 6) is -3.33. The number of rotatable bonds is 8. The fourth-order valence-electron chi connectivity index (χ4n) is 5.71. The Morgan fingerprint density at radius 2 is 1.45 bits per heavy atom. The fourth-order valence-corrected chi connectivity index (χ4v) is 5.71. The maximum atomic E-state index is 14.8. The molecular weight excluding hydrogens is 376 g/mol. The highest BCUT2D eigenvalue weighted by molar-refractivity contribution is 5.19. The molecule has 2 saturated carbocycles. The van der Waals surface area contributed by atoms with Gasteiger partial charge < -0.3 is 0 Å². The summed E-state index contributed by atoms with van der Waals surface area (Å²) in [6.45, 7) is 2.24. The third kappa shape index (κ3) is 6.21. The van der Waals surface area contributed by atoms with E-state index in [4.69, 9.17) is 0 Å². The van der Waals surface area contributed by atoms with Gasteiger partial charge in [-0.2, -0.15) is 0 Å². The average molecular weight is 413 g/mol. The Kier molecular flexibility index (Phi) is 8.04. The van der Waals surface area contributed by atoms with Crippen molar-refractivity contribution in [3.63, 3.8) is 0 Å². The van der Waals surface area contributed by atoms with Crippen molar-refractivity contribution in [3.8, 4) is 0 Å². The van der Waals surface area contributed by atoms with Crippen molar-refractivity contribution in [3.05, 3.63) is 35.4 Å². The molecule has 0 amide bonds. The van der Waals surface area contributed by atoms with Crippen LogP contribution in [0.3, 0.4) is 0 Å². The molecule has 3 rings (SSSR count). The molecule has 1 aromatic carbocycles. The van der Waals surface area contributed by atoms with Gasteiger partial charge in [-0.25, -0.2) is 17.6 Å². The monoisotopic (exact) mass is 412 g/mol. The molecule has 0 heterocycles. The quantitative estimate of drug-likeness (QED) is 0.297. The minimum absolute atomic E-state index is 0.178. The number of benzene rings is 1. The van der Waals surface area contributed by atoms with Gasteiger partial charge in [0.1, 0.15) is 0 Å². The lowest BCUT2D eigenvalue weighted by Crippen LogP contribution is -2.35. The Labute approximate surface area is 173 Å². The maximum absolute atomic E-state index is 14.8. The van der Waals surface area contributed by atoms with E-state index in [-0.39, 0.29) is 5.56 Å². The van der Waals surface area contributed by atoms with Crippen LogP contribution >= 0.6 is 0 Å². The summed E-state index contributed by atoms with van der Waals surface area (Å²) >= 11 is 0. The topological polar surface area (TPSA) is 0 Å². The SMILES string of the molecule is CCCCC[C@H]1CC[C@H]([C@H]2CC[C@H](C(F)(F)Cc3ccc(F)c(F)c3)CC2)CC1. The number of halogens is 4. The Morgan fingerprint density at radius 3 is 2.03 bits per heavy atom. The second-order valence-electron chi connectivity index (χ2n) is 9.57. The molecule has 0 radical (unpaired) electrons. The lowest BCUT2D eigenvalue weighted by molar-refractivity contribution is -0.0777. The molecule has 0 spiro atoms. The Bertz CT molecular complexity index is 626. The summed E-state index contributed by atoms with van der Waals surface area (Å²) < 4.78 is 56.0. The molecule has 0 atom stereocenters.